The maximum atomic E-state index is 12.2. The molecule has 0 saturated heterocycles. The van der Waals surface area contributed by atoms with Crippen LogP contribution in [0.2, 0.25) is 5.15 Å². The Morgan fingerprint density at radius 1 is 1.08 bits per heavy atom. The van der Waals surface area contributed by atoms with E-state index in [0.29, 0.717) is 21.8 Å². The largest absolute Gasteiger partial charge is 0.461 e. The summed E-state index contributed by atoms with van der Waals surface area (Å²) in [6.07, 6.45) is 1.45. The molecule has 0 spiro atoms. The van der Waals surface area contributed by atoms with Gasteiger partial charge in [0.2, 0.25) is 0 Å². The van der Waals surface area contributed by atoms with E-state index in [9.17, 15) is 14.4 Å². The average molecular weight is 345 g/mol. The van der Waals surface area contributed by atoms with Crippen LogP contribution in [-0.4, -0.2) is 34.2 Å². The molecule has 3 rings (SSSR count). The molecule has 0 radical (unpaired) electrons. The second-order valence-corrected chi connectivity index (χ2v) is 5.59. The second kappa shape index (κ2) is 6.80. The topological polar surface area (TPSA) is 76.6 Å². The van der Waals surface area contributed by atoms with Crippen LogP contribution in [0.25, 0.3) is 0 Å². The lowest BCUT2D eigenvalue weighted by Gasteiger charge is -2.13. The summed E-state index contributed by atoms with van der Waals surface area (Å²) < 4.78 is 5.10. The van der Waals surface area contributed by atoms with Gasteiger partial charge in [0, 0.05) is 18.3 Å². The number of pyridine rings is 1. The fourth-order valence-electron chi connectivity index (χ4n) is 2.37. The van der Waals surface area contributed by atoms with E-state index in [0.717, 1.165) is 4.90 Å². The fraction of sp³-hybridized carbons (Fsp3) is 0.176. The highest BCUT2D eigenvalue weighted by molar-refractivity contribution is 6.29. The van der Waals surface area contributed by atoms with Gasteiger partial charge in [0.25, 0.3) is 11.8 Å². The van der Waals surface area contributed by atoms with Crippen LogP contribution in [0.3, 0.4) is 0 Å². The van der Waals surface area contributed by atoms with Gasteiger partial charge in [0.05, 0.1) is 17.5 Å². The Hall–Kier alpha value is -2.73. The molecule has 1 aliphatic rings. The zero-order valence-corrected chi connectivity index (χ0v) is 13.3. The van der Waals surface area contributed by atoms with Crippen LogP contribution in [0.5, 0.6) is 0 Å². The zero-order chi connectivity index (χ0) is 17.1. The Morgan fingerprint density at radius 2 is 1.75 bits per heavy atom. The van der Waals surface area contributed by atoms with Crippen molar-refractivity contribution < 1.29 is 19.1 Å². The molecule has 122 valence electrons. The van der Waals surface area contributed by atoms with Crippen molar-refractivity contribution >= 4 is 29.4 Å². The molecule has 0 aliphatic carbocycles. The van der Waals surface area contributed by atoms with E-state index in [1.165, 1.54) is 6.20 Å². The van der Waals surface area contributed by atoms with Crippen molar-refractivity contribution in [3.05, 3.63) is 64.4 Å². The van der Waals surface area contributed by atoms with Crippen LogP contribution < -0.4 is 0 Å². The van der Waals surface area contributed by atoms with Crippen molar-refractivity contribution in [2.45, 2.75) is 13.0 Å². The Kier molecular flexibility index (Phi) is 4.57. The Bertz CT molecular complexity index is 769. The standard InChI is InChI=1S/C17H13ClN2O4/c18-14-6-5-11(9-19-14)10-24-15(21)7-8-20-16(22)12-3-1-2-4-13(12)17(20)23/h1-6,9H,7-8,10H2. The molecule has 2 aromatic rings. The molecular formula is C17H13ClN2O4. The van der Waals surface area contributed by atoms with Crippen molar-refractivity contribution in [2.24, 2.45) is 0 Å². The zero-order valence-electron chi connectivity index (χ0n) is 12.6. The molecule has 24 heavy (non-hydrogen) atoms. The van der Waals surface area contributed by atoms with E-state index in [-0.39, 0.29) is 31.4 Å². The van der Waals surface area contributed by atoms with Gasteiger partial charge in [-0.25, -0.2) is 4.98 Å². The predicted octanol–water partition coefficient (Wildman–Crippen LogP) is 2.46. The number of hydrogen-bond acceptors (Lipinski definition) is 5. The molecule has 7 heteroatoms. The van der Waals surface area contributed by atoms with Crippen LogP contribution in [0.15, 0.2) is 42.6 Å². The fourth-order valence-corrected chi connectivity index (χ4v) is 2.48. The van der Waals surface area contributed by atoms with Crippen molar-refractivity contribution in [1.82, 2.24) is 9.88 Å². The van der Waals surface area contributed by atoms with Gasteiger partial charge in [0.15, 0.2) is 0 Å². The maximum absolute atomic E-state index is 12.2. The highest BCUT2D eigenvalue weighted by Crippen LogP contribution is 2.22. The van der Waals surface area contributed by atoms with Crippen LogP contribution >= 0.6 is 11.6 Å². The number of carbonyl (C=O) groups is 3. The molecule has 0 N–H and O–H groups in total. The first-order valence-corrected chi connectivity index (χ1v) is 7.65. The summed E-state index contributed by atoms with van der Waals surface area (Å²) in [5, 5.41) is 0.357. The number of halogens is 1. The van der Waals surface area contributed by atoms with E-state index >= 15 is 0 Å². The van der Waals surface area contributed by atoms with Crippen LogP contribution in [-0.2, 0) is 16.1 Å². The van der Waals surface area contributed by atoms with Gasteiger partial charge < -0.3 is 4.74 Å². The number of rotatable bonds is 5. The molecule has 0 fully saturated rings. The molecule has 2 amide bonds. The summed E-state index contributed by atoms with van der Waals surface area (Å²) in [7, 11) is 0. The monoisotopic (exact) mass is 344 g/mol. The number of amides is 2. The van der Waals surface area contributed by atoms with Gasteiger partial charge in [-0.2, -0.15) is 0 Å². The third kappa shape index (κ3) is 3.28. The molecule has 1 aromatic carbocycles. The summed E-state index contributed by atoms with van der Waals surface area (Å²) in [5.41, 5.74) is 1.43. The number of ether oxygens (including phenoxy) is 1. The highest BCUT2D eigenvalue weighted by Gasteiger charge is 2.35. The first-order chi connectivity index (χ1) is 11.6. The van der Waals surface area contributed by atoms with Crippen LogP contribution in [0, 0.1) is 0 Å². The van der Waals surface area contributed by atoms with Gasteiger partial charge in [-0.1, -0.05) is 29.8 Å². The Balaban J connectivity index is 1.53. The van der Waals surface area contributed by atoms with E-state index in [2.05, 4.69) is 4.98 Å². The molecule has 0 saturated carbocycles. The summed E-state index contributed by atoms with van der Waals surface area (Å²) in [6, 6.07) is 9.89. The molecule has 0 bridgehead atoms. The van der Waals surface area contributed by atoms with Gasteiger partial charge in [-0.15, -0.1) is 0 Å². The summed E-state index contributed by atoms with van der Waals surface area (Å²) in [6.45, 7) is 0.0508. The van der Waals surface area contributed by atoms with E-state index < -0.39 is 5.97 Å². The third-order valence-corrected chi connectivity index (χ3v) is 3.83. The van der Waals surface area contributed by atoms with Gasteiger partial charge >= 0.3 is 5.97 Å². The summed E-state index contributed by atoms with van der Waals surface area (Å²) >= 11 is 5.67. The number of aromatic nitrogens is 1. The average Bonchev–Trinajstić information content (AvgIpc) is 2.84. The smallest absolute Gasteiger partial charge is 0.307 e. The summed E-state index contributed by atoms with van der Waals surface area (Å²) in [4.78, 5) is 41.1. The lowest BCUT2D eigenvalue weighted by atomic mass is 10.1. The Labute approximate surface area is 143 Å². The third-order valence-electron chi connectivity index (χ3n) is 3.61. The minimum absolute atomic E-state index is 0.00987. The van der Waals surface area contributed by atoms with Gasteiger partial charge in [-0.05, 0) is 18.2 Å². The maximum Gasteiger partial charge on any atom is 0.307 e. The number of carbonyl (C=O) groups excluding carboxylic acids is 3. The molecule has 1 aliphatic heterocycles. The van der Waals surface area contributed by atoms with E-state index in [1.54, 1.807) is 36.4 Å². The van der Waals surface area contributed by atoms with Crippen LogP contribution in [0.1, 0.15) is 32.7 Å². The number of nitrogens with zero attached hydrogens (tertiary/aromatic N) is 2. The van der Waals surface area contributed by atoms with Crippen LogP contribution in [0.4, 0.5) is 0 Å². The first kappa shape index (κ1) is 16.1. The molecule has 0 atom stereocenters. The first-order valence-electron chi connectivity index (χ1n) is 7.27. The minimum atomic E-state index is -0.499. The molecule has 1 aromatic heterocycles. The van der Waals surface area contributed by atoms with Gasteiger partial charge in [0.1, 0.15) is 11.8 Å². The second-order valence-electron chi connectivity index (χ2n) is 5.21. The lowest BCUT2D eigenvalue weighted by Crippen LogP contribution is -2.32. The molecule has 6 nitrogen and oxygen atoms in total. The number of esters is 1. The van der Waals surface area contributed by atoms with Crippen molar-refractivity contribution in [2.75, 3.05) is 6.54 Å². The normalized spacial score (nSPS) is 13.1. The van der Waals surface area contributed by atoms with E-state index in [4.69, 9.17) is 16.3 Å². The van der Waals surface area contributed by atoms with Crippen molar-refractivity contribution in [3.8, 4) is 0 Å². The number of hydrogen-bond donors (Lipinski definition) is 0. The molecular weight excluding hydrogens is 332 g/mol. The number of imide groups is 1. The summed E-state index contributed by atoms with van der Waals surface area (Å²) in [5.74, 6) is -1.27. The van der Waals surface area contributed by atoms with Crippen molar-refractivity contribution in [1.29, 1.82) is 0 Å². The van der Waals surface area contributed by atoms with E-state index in [1.807, 2.05) is 0 Å². The van der Waals surface area contributed by atoms with Gasteiger partial charge in [-0.3, -0.25) is 19.3 Å². The Morgan fingerprint density at radius 3 is 2.33 bits per heavy atom. The number of benzene rings is 1. The minimum Gasteiger partial charge on any atom is -0.461 e. The SMILES string of the molecule is O=C(CCN1C(=O)c2ccccc2C1=O)OCc1ccc(Cl)nc1. The number of fused-ring (bicyclic) bond motifs is 1. The highest BCUT2D eigenvalue weighted by atomic mass is 35.5. The lowest BCUT2D eigenvalue weighted by molar-refractivity contribution is -0.145. The van der Waals surface area contributed by atoms with Crippen molar-refractivity contribution in [3.63, 3.8) is 0 Å². The predicted molar refractivity (Wildman–Crippen MR) is 85.5 cm³/mol. The molecule has 0 unspecified atom stereocenters. The molecule has 2 heterocycles. The quantitative estimate of drug-likeness (QED) is 0.473.